The minimum absolute atomic E-state index is 0.691. The number of aromatic amines is 1. The Morgan fingerprint density at radius 2 is 2.25 bits per heavy atom. The quantitative estimate of drug-likeness (QED) is 0.628. The van der Waals surface area contributed by atoms with Crippen molar-refractivity contribution >= 4 is 16.3 Å². The lowest BCUT2D eigenvalue weighted by Crippen LogP contribution is -2.02. The molecule has 0 radical (unpaired) electrons. The third-order valence-corrected chi connectivity index (χ3v) is 4.00. The molecule has 0 unspecified atom stereocenters. The summed E-state index contributed by atoms with van der Waals surface area (Å²) in [5.41, 5.74) is 2.92. The van der Waals surface area contributed by atoms with Gasteiger partial charge in [0, 0.05) is 35.9 Å². The maximum atomic E-state index is 4.60. The van der Waals surface area contributed by atoms with E-state index in [1.807, 2.05) is 35.3 Å². The fourth-order valence-corrected chi connectivity index (χ4v) is 2.98. The third-order valence-electron chi connectivity index (χ3n) is 3.23. The number of nitrogens with zero attached hydrogens (tertiary/aromatic N) is 5. The van der Waals surface area contributed by atoms with Crippen LogP contribution in [-0.2, 0) is 6.54 Å². The minimum atomic E-state index is 0.691. The van der Waals surface area contributed by atoms with Crippen molar-refractivity contribution in [1.82, 2.24) is 28.9 Å². The van der Waals surface area contributed by atoms with Crippen LogP contribution in [0, 0.1) is 6.92 Å². The summed E-state index contributed by atoms with van der Waals surface area (Å²) in [6, 6.07) is 0. The van der Waals surface area contributed by atoms with Gasteiger partial charge in [0.05, 0.1) is 18.6 Å². The van der Waals surface area contributed by atoms with Gasteiger partial charge in [0.25, 0.3) is 0 Å². The third kappa shape index (κ3) is 1.75. The monoisotopic (exact) mass is 284 g/mol. The van der Waals surface area contributed by atoms with Crippen molar-refractivity contribution in [3.05, 3.63) is 47.9 Å². The van der Waals surface area contributed by atoms with Crippen LogP contribution in [0.4, 0.5) is 0 Å². The van der Waals surface area contributed by atoms with E-state index in [1.54, 1.807) is 23.9 Å². The highest BCUT2D eigenvalue weighted by Gasteiger charge is 2.12. The molecular formula is C13H12N6S. The second kappa shape index (κ2) is 4.31. The number of aromatic nitrogens is 6. The van der Waals surface area contributed by atoms with Gasteiger partial charge in [0.2, 0.25) is 0 Å². The van der Waals surface area contributed by atoms with Crippen molar-refractivity contribution in [2.45, 2.75) is 13.5 Å². The molecule has 0 aliphatic carbocycles. The molecule has 0 aliphatic heterocycles. The van der Waals surface area contributed by atoms with Crippen LogP contribution in [0.1, 0.15) is 11.4 Å². The van der Waals surface area contributed by atoms with Crippen molar-refractivity contribution in [3.63, 3.8) is 0 Å². The van der Waals surface area contributed by atoms with E-state index in [0.717, 1.165) is 27.9 Å². The second-order valence-electron chi connectivity index (χ2n) is 4.58. The van der Waals surface area contributed by atoms with Crippen LogP contribution < -0.4 is 0 Å². The molecule has 7 heteroatoms. The molecule has 0 fully saturated rings. The van der Waals surface area contributed by atoms with E-state index in [2.05, 4.69) is 24.5 Å². The highest BCUT2D eigenvalue weighted by atomic mass is 32.1. The first kappa shape index (κ1) is 11.4. The second-order valence-corrected chi connectivity index (χ2v) is 5.45. The average molecular weight is 284 g/mol. The molecular weight excluding hydrogens is 272 g/mol. The predicted molar refractivity (Wildman–Crippen MR) is 76.7 cm³/mol. The van der Waals surface area contributed by atoms with Crippen molar-refractivity contribution in [1.29, 1.82) is 0 Å². The molecule has 4 heterocycles. The smallest absolute Gasteiger partial charge is 0.193 e. The fraction of sp³-hybridized carbons (Fsp3) is 0.154. The van der Waals surface area contributed by atoms with Gasteiger partial charge in [0.15, 0.2) is 10.8 Å². The van der Waals surface area contributed by atoms with E-state index in [4.69, 9.17) is 0 Å². The Morgan fingerprint density at radius 3 is 3.05 bits per heavy atom. The van der Waals surface area contributed by atoms with Gasteiger partial charge in [-0.25, -0.2) is 15.0 Å². The van der Waals surface area contributed by atoms with Crippen LogP contribution in [0.15, 0.2) is 36.5 Å². The Hall–Kier alpha value is -2.41. The number of thiazole rings is 1. The molecule has 4 aromatic heterocycles. The number of imidazole rings is 3. The van der Waals surface area contributed by atoms with Crippen molar-refractivity contribution < 1.29 is 0 Å². The fourth-order valence-electron chi connectivity index (χ4n) is 2.26. The zero-order valence-electron chi connectivity index (χ0n) is 10.8. The van der Waals surface area contributed by atoms with E-state index in [9.17, 15) is 0 Å². The summed E-state index contributed by atoms with van der Waals surface area (Å²) < 4.78 is 4.10. The van der Waals surface area contributed by atoms with Crippen molar-refractivity contribution in [3.8, 4) is 11.5 Å². The van der Waals surface area contributed by atoms with Crippen LogP contribution >= 0.6 is 11.3 Å². The highest BCUT2D eigenvalue weighted by Crippen LogP contribution is 2.19. The van der Waals surface area contributed by atoms with Gasteiger partial charge in [-0.2, -0.15) is 0 Å². The van der Waals surface area contributed by atoms with Gasteiger partial charge in [-0.15, -0.1) is 11.3 Å². The number of aryl methyl sites for hydroxylation is 1. The SMILES string of the molecule is Cc1[nH]cnc1-c1nccn1Cc1cn2ccsc2n1. The molecule has 100 valence electrons. The van der Waals surface area contributed by atoms with E-state index in [1.165, 1.54) is 0 Å². The highest BCUT2D eigenvalue weighted by molar-refractivity contribution is 7.15. The number of hydrogen-bond donors (Lipinski definition) is 1. The molecule has 1 N–H and O–H groups in total. The Morgan fingerprint density at radius 1 is 1.30 bits per heavy atom. The molecule has 0 atom stereocenters. The van der Waals surface area contributed by atoms with E-state index >= 15 is 0 Å². The van der Waals surface area contributed by atoms with Crippen LogP contribution in [0.3, 0.4) is 0 Å². The number of fused-ring (bicyclic) bond motifs is 1. The van der Waals surface area contributed by atoms with Crippen molar-refractivity contribution in [2.75, 3.05) is 0 Å². The summed E-state index contributed by atoms with van der Waals surface area (Å²) in [7, 11) is 0. The first-order valence-electron chi connectivity index (χ1n) is 6.24. The largest absolute Gasteiger partial charge is 0.348 e. The summed E-state index contributed by atoms with van der Waals surface area (Å²) in [5.74, 6) is 0.861. The van der Waals surface area contributed by atoms with Crippen molar-refractivity contribution in [2.24, 2.45) is 0 Å². The molecule has 4 rings (SSSR count). The Labute approximate surface area is 118 Å². The molecule has 0 saturated heterocycles. The van der Waals surface area contributed by atoms with E-state index in [-0.39, 0.29) is 0 Å². The van der Waals surface area contributed by atoms with E-state index < -0.39 is 0 Å². The first-order chi connectivity index (χ1) is 9.81. The molecule has 0 spiro atoms. The maximum Gasteiger partial charge on any atom is 0.193 e. The lowest BCUT2D eigenvalue weighted by Gasteiger charge is -2.04. The lowest BCUT2D eigenvalue weighted by atomic mass is 10.3. The average Bonchev–Trinajstić information content (AvgIpc) is 3.12. The molecule has 0 bridgehead atoms. The molecule has 4 aromatic rings. The van der Waals surface area contributed by atoms with E-state index in [0.29, 0.717) is 6.54 Å². The topological polar surface area (TPSA) is 63.8 Å². The van der Waals surface area contributed by atoms with Gasteiger partial charge in [0.1, 0.15) is 5.69 Å². The number of nitrogens with one attached hydrogen (secondary N) is 1. The maximum absolute atomic E-state index is 4.60. The van der Waals surface area contributed by atoms with Crippen LogP contribution in [0.25, 0.3) is 16.5 Å². The summed E-state index contributed by atoms with van der Waals surface area (Å²) in [6.45, 7) is 2.68. The summed E-state index contributed by atoms with van der Waals surface area (Å²) >= 11 is 1.63. The Bertz CT molecular complexity index is 836. The van der Waals surface area contributed by atoms with Crippen LogP contribution in [-0.4, -0.2) is 28.9 Å². The first-order valence-corrected chi connectivity index (χ1v) is 7.12. The minimum Gasteiger partial charge on any atom is -0.348 e. The van der Waals surface area contributed by atoms with Gasteiger partial charge >= 0.3 is 0 Å². The Kier molecular flexibility index (Phi) is 2.46. The predicted octanol–water partition coefficient (Wildman–Crippen LogP) is 2.34. The standard InChI is InChI=1S/C13H12N6S/c1-9-11(16-8-15-9)12-14-2-3-18(12)6-10-7-19-4-5-20-13(19)17-10/h2-5,7-8H,6H2,1H3,(H,15,16). The van der Waals surface area contributed by atoms with Crippen LogP contribution in [0.5, 0.6) is 0 Å². The summed E-state index contributed by atoms with van der Waals surface area (Å²) in [6.07, 6.45) is 9.51. The lowest BCUT2D eigenvalue weighted by molar-refractivity contribution is 0.785. The molecule has 0 aromatic carbocycles. The summed E-state index contributed by atoms with van der Waals surface area (Å²) in [5, 5.41) is 2.03. The molecule has 20 heavy (non-hydrogen) atoms. The van der Waals surface area contributed by atoms with Gasteiger partial charge in [-0.1, -0.05) is 0 Å². The normalized spacial score (nSPS) is 11.4. The zero-order valence-corrected chi connectivity index (χ0v) is 11.6. The Balaban J connectivity index is 1.71. The number of rotatable bonds is 3. The zero-order chi connectivity index (χ0) is 13.5. The van der Waals surface area contributed by atoms with Gasteiger partial charge in [-0.3, -0.25) is 4.40 Å². The molecule has 6 nitrogen and oxygen atoms in total. The summed E-state index contributed by atoms with van der Waals surface area (Å²) in [4.78, 5) is 17.4. The number of H-pyrrole nitrogens is 1. The van der Waals surface area contributed by atoms with Crippen LogP contribution in [0.2, 0.25) is 0 Å². The molecule has 0 amide bonds. The van der Waals surface area contributed by atoms with Gasteiger partial charge in [-0.05, 0) is 6.92 Å². The van der Waals surface area contributed by atoms with Gasteiger partial charge < -0.3 is 9.55 Å². The molecule has 0 aliphatic rings. The number of hydrogen-bond acceptors (Lipinski definition) is 4. The molecule has 0 saturated carbocycles.